The zero-order valence-electron chi connectivity index (χ0n) is 12.6. The number of furan rings is 1. The lowest BCUT2D eigenvalue weighted by atomic mass is 10.1. The number of benzene rings is 1. The van der Waals surface area contributed by atoms with Crippen LogP contribution >= 0.6 is 11.3 Å². The van der Waals surface area contributed by atoms with E-state index in [1.165, 1.54) is 10.6 Å². The van der Waals surface area contributed by atoms with Gasteiger partial charge in [-0.15, -0.1) is 11.3 Å². The van der Waals surface area contributed by atoms with Crippen LogP contribution in [0.4, 0.5) is 0 Å². The maximum absolute atomic E-state index is 5.65. The summed E-state index contributed by atoms with van der Waals surface area (Å²) in [6.45, 7) is 8.38. The summed E-state index contributed by atoms with van der Waals surface area (Å²) in [6, 6.07) is 8.12. The fourth-order valence-corrected chi connectivity index (χ4v) is 3.64. The molecule has 1 N–H and O–H groups in total. The van der Waals surface area contributed by atoms with Crippen LogP contribution in [0.2, 0.25) is 0 Å². The van der Waals surface area contributed by atoms with Crippen LogP contribution in [0, 0.1) is 0 Å². The molecule has 0 aliphatic carbocycles. The van der Waals surface area contributed by atoms with Gasteiger partial charge in [0, 0.05) is 16.8 Å². The van der Waals surface area contributed by atoms with Crippen molar-refractivity contribution < 1.29 is 4.42 Å². The predicted octanol–water partition coefficient (Wildman–Crippen LogP) is 4.79. The Morgan fingerprint density at radius 2 is 2.10 bits per heavy atom. The van der Waals surface area contributed by atoms with E-state index in [0.29, 0.717) is 5.92 Å². The van der Waals surface area contributed by atoms with E-state index < -0.39 is 0 Å². The summed E-state index contributed by atoms with van der Waals surface area (Å²) in [5, 5.41) is 5.59. The highest BCUT2D eigenvalue weighted by molar-refractivity contribution is 7.15. The molecular weight excluding hydrogens is 280 g/mol. The van der Waals surface area contributed by atoms with E-state index in [1.54, 1.807) is 11.3 Å². The molecule has 0 fully saturated rings. The predicted molar refractivity (Wildman–Crippen MR) is 88.8 cm³/mol. The van der Waals surface area contributed by atoms with Crippen molar-refractivity contribution in [1.82, 2.24) is 10.3 Å². The summed E-state index contributed by atoms with van der Waals surface area (Å²) >= 11 is 1.77. The second-order valence-corrected chi connectivity index (χ2v) is 6.49. The molecule has 0 bridgehead atoms. The van der Waals surface area contributed by atoms with Gasteiger partial charge in [-0.1, -0.05) is 39.0 Å². The Kier molecular flexibility index (Phi) is 4.08. The summed E-state index contributed by atoms with van der Waals surface area (Å²) in [7, 11) is 0. The SMILES string of the molecule is CCNCc1sc(-c2coc3ccccc23)nc1C(C)C. The fourth-order valence-electron chi connectivity index (χ4n) is 2.44. The smallest absolute Gasteiger partial charge is 0.134 e. The Labute approximate surface area is 129 Å². The van der Waals surface area contributed by atoms with Crippen LogP contribution in [0.15, 0.2) is 34.9 Å². The molecule has 3 rings (SSSR count). The molecule has 0 saturated heterocycles. The molecule has 0 saturated carbocycles. The van der Waals surface area contributed by atoms with Crippen LogP contribution in [0.25, 0.3) is 21.5 Å². The number of fused-ring (bicyclic) bond motifs is 1. The lowest BCUT2D eigenvalue weighted by molar-refractivity contribution is 0.617. The summed E-state index contributed by atoms with van der Waals surface area (Å²) < 4.78 is 5.65. The van der Waals surface area contributed by atoms with Gasteiger partial charge in [-0.2, -0.15) is 0 Å². The van der Waals surface area contributed by atoms with E-state index in [9.17, 15) is 0 Å². The fraction of sp³-hybridized carbons (Fsp3) is 0.353. The first-order chi connectivity index (χ1) is 10.2. The zero-order valence-corrected chi connectivity index (χ0v) is 13.5. The average molecular weight is 300 g/mol. The van der Waals surface area contributed by atoms with Crippen LogP contribution in [-0.4, -0.2) is 11.5 Å². The zero-order chi connectivity index (χ0) is 14.8. The Morgan fingerprint density at radius 3 is 2.86 bits per heavy atom. The van der Waals surface area contributed by atoms with E-state index in [0.717, 1.165) is 34.6 Å². The van der Waals surface area contributed by atoms with Crippen molar-refractivity contribution in [3.63, 3.8) is 0 Å². The van der Waals surface area contributed by atoms with Crippen LogP contribution in [0.1, 0.15) is 37.3 Å². The van der Waals surface area contributed by atoms with Gasteiger partial charge in [-0.25, -0.2) is 4.98 Å². The standard InChI is InChI=1S/C17H20N2OS/c1-4-18-9-15-16(11(2)3)19-17(21-15)13-10-20-14-8-6-5-7-12(13)14/h5-8,10-11,18H,4,9H2,1-3H3. The molecule has 2 aromatic heterocycles. The van der Waals surface area contributed by atoms with Crippen molar-refractivity contribution >= 4 is 22.3 Å². The van der Waals surface area contributed by atoms with Gasteiger partial charge in [-0.3, -0.25) is 0 Å². The number of thiazole rings is 1. The number of rotatable bonds is 5. The molecule has 3 nitrogen and oxygen atoms in total. The molecule has 0 spiro atoms. The lowest BCUT2D eigenvalue weighted by Gasteiger charge is -2.04. The van der Waals surface area contributed by atoms with Crippen LogP contribution in [0.5, 0.6) is 0 Å². The van der Waals surface area contributed by atoms with Crippen molar-refractivity contribution in [2.24, 2.45) is 0 Å². The Morgan fingerprint density at radius 1 is 1.29 bits per heavy atom. The summed E-state index contributed by atoms with van der Waals surface area (Å²) in [4.78, 5) is 6.20. The molecule has 0 radical (unpaired) electrons. The highest BCUT2D eigenvalue weighted by atomic mass is 32.1. The number of nitrogens with zero attached hydrogens (tertiary/aromatic N) is 1. The molecule has 3 aromatic rings. The molecule has 0 amide bonds. The molecule has 0 unspecified atom stereocenters. The quantitative estimate of drug-likeness (QED) is 0.736. The molecule has 2 heterocycles. The van der Waals surface area contributed by atoms with Crippen LogP contribution in [-0.2, 0) is 6.54 Å². The number of nitrogens with one attached hydrogen (secondary N) is 1. The highest BCUT2D eigenvalue weighted by Crippen LogP contribution is 2.36. The third-order valence-electron chi connectivity index (χ3n) is 3.52. The van der Waals surface area contributed by atoms with Crippen molar-refractivity contribution in [2.75, 3.05) is 6.54 Å². The van der Waals surface area contributed by atoms with Gasteiger partial charge in [0.2, 0.25) is 0 Å². The molecule has 0 aliphatic rings. The largest absolute Gasteiger partial charge is 0.464 e. The number of para-hydroxylation sites is 1. The van der Waals surface area contributed by atoms with E-state index in [2.05, 4.69) is 32.2 Å². The van der Waals surface area contributed by atoms with Gasteiger partial charge < -0.3 is 9.73 Å². The molecule has 4 heteroatoms. The summed E-state index contributed by atoms with van der Waals surface area (Å²) in [6.07, 6.45) is 1.82. The van der Waals surface area contributed by atoms with Crippen molar-refractivity contribution in [1.29, 1.82) is 0 Å². The normalized spacial score (nSPS) is 11.6. The van der Waals surface area contributed by atoms with Gasteiger partial charge in [0.25, 0.3) is 0 Å². The van der Waals surface area contributed by atoms with Gasteiger partial charge >= 0.3 is 0 Å². The van der Waals surface area contributed by atoms with Gasteiger partial charge in [-0.05, 0) is 18.5 Å². The number of hydrogen-bond donors (Lipinski definition) is 1. The van der Waals surface area contributed by atoms with E-state index in [4.69, 9.17) is 9.40 Å². The van der Waals surface area contributed by atoms with Gasteiger partial charge in [0.1, 0.15) is 16.9 Å². The molecular formula is C17H20N2OS. The molecule has 0 atom stereocenters. The van der Waals surface area contributed by atoms with Gasteiger partial charge in [0.15, 0.2) is 0 Å². The molecule has 0 aliphatic heterocycles. The van der Waals surface area contributed by atoms with E-state index in [-0.39, 0.29) is 0 Å². The summed E-state index contributed by atoms with van der Waals surface area (Å²) in [5.74, 6) is 0.432. The average Bonchev–Trinajstić information content (AvgIpc) is 3.08. The lowest BCUT2D eigenvalue weighted by Crippen LogP contribution is -2.12. The first-order valence-electron chi connectivity index (χ1n) is 7.37. The molecule has 1 aromatic carbocycles. The minimum Gasteiger partial charge on any atom is -0.464 e. The minimum atomic E-state index is 0.432. The second-order valence-electron chi connectivity index (χ2n) is 5.41. The topological polar surface area (TPSA) is 38.1 Å². The van der Waals surface area contributed by atoms with Crippen molar-refractivity contribution in [3.8, 4) is 10.6 Å². The Hall–Kier alpha value is -1.65. The second kappa shape index (κ2) is 6.00. The Balaban J connectivity index is 2.06. The van der Waals surface area contributed by atoms with Crippen molar-refractivity contribution in [2.45, 2.75) is 33.2 Å². The third-order valence-corrected chi connectivity index (χ3v) is 4.63. The van der Waals surface area contributed by atoms with Crippen molar-refractivity contribution in [3.05, 3.63) is 41.1 Å². The Bertz CT molecular complexity index is 742. The van der Waals surface area contributed by atoms with E-state index >= 15 is 0 Å². The monoisotopic (exact) mass is 300 g/mol. The third kappa shape index (κ3) is 2.74. The first-order valence-corrected chi connectivity index (χ1v) is 8.19. The maximum atomic E-state index is 5.65. The summed E-state index contributed by atoms with van der Waals surface area (Å²) in [5.41, 5.74) is 3.21. The molecule has 110 valence electrons. The first kappa shape index (κ1) is 14.3. The van der Waals surface area contributed by atoms with E-state index in [1.807, 2.05) is 24.5 Å². The number of aromatic nitrogens is 1. The van der Waals surface area contributed by atoms with Crippen LogP contribution < -0.4 is 5.32 Å². The number of hydrogen-bond acceptors (Lipinski definition) is 4. The van der Waals surface area contributed by atoms with Gasteiger partial charge in [0.05, 0.1) is 11.3 Å². The van der Waals surface area contributed by atoms with Crippen LogP contribution in [0.3, 0.4) is 0 Å². The highest BCUT2D eigenvalue weighted by Gasteiger charge is 2.17. The maximum Gasteiger partial charge on any atom is 0.134 e. The molecule has 21 heavy (non-hydrogen) atoms. The minimum absolute atomic E-state index is 0.432.